The molecule has 0 saturated heterocycles. The first-order valence-corrected chi connectivity index (χ1v) is 9.90. The Labute approximate surface area is 201 Å². The van der Waals surface area contributed by atoms with E-state index in [4.69, 9.17) is 0 Å². The number of amides is 1. The molecule has 0 aliphatic carbocycles. The highest BCUT2D eigenvalue weighted by Gasteiger charge is 2.44. The van der Waals surface area contributed by atoms with Gasteiger partial charge in [-0.15, -0.1) is 0 Å². The molecule has 0 bridgehead atoms. The van der Waals surface area contributed by atoms with E-state index in [1.807, 2.05) is 0 Å². The number of halogens is 10. The molecule has 0 aliphatic heterocycles. The number of nitrogens with one attached hydrogen (secondary N) is 1. The SMILES string of the molecule is O=C(N[C@@H](c1cc(F)cc(OC(F)(F)C(F)F)c1)c1ccc(F)c(O)c1)c1ccc(F)c(C(F)(F)F)c1. The lowest BCUT2D eigenvalue weighted by molar-refractivity contribution is -0.253. The zero-order valence-corrected chi connectivity index (χ0v) is 17.9. The van der Waals surface area contributed by atoms with Crippen LogP contribution in [-0.4, -0.2) is 23.5 Å². The smallest absolute Gasteiger partial charge is 0.461 e. The fraction of sp³-hybridized carbons (Fsp3) is 0.174. The lowest BCUT2D eigenvalue weighted by Crippen LogP contribution is -2.33. The van der Waals surface area contributed by atoms with Crippen molar-refractivity contribution >= 4 is 5.91 Å². The Morgan fingerprint density at radius 2 is 1.49 bits per heavy atom. The lowest BCUT2D eigenvalue weighted by atomic mass is 9.97. The summed E-state index contributed by atoms with van der Waals surface area (Å²) in [6.07, 6.45) is -14.5. The van der Waals surface area contributed by atoms with Crippen LogP contribution in [0.1, 0.15) is 33.1 Å². The molecule has 0 saturated carbocycles. The van der Waals surface area contributed by atoms with Crippen LogP contribution in [0.2, 0.25) is 0 Å². The van der Waals surface area contributed by atoms with Gasteiger partial charge in [-0.3, -0.25) is 4.79 Å². The van der Waals surface area contributed by atoms with Gasteiger partial charge in [0.2, 0.25) is 0 Å². The van der Waals surface area contributed by atoms with Gasteiger partial charge in [0.05, 0.1) is 11.6 Å². The summed E-state index contributed by atoms with van der Waals surface area (Å²) in [5, 5.41) is 11.8. The van der Waals surface area contributed by atoms with Gasteiger partial charge in [0.25, 0.3) is 5.91 Å². The number of ether oxygens (including phenoxy) is 1. The van der Waals surface area contributed by atoms with Crippen molar-refractivity contribution in [2.75, 3.05) is 0 Å². The van der Waals surface area contributed by atoms with E-state index in [2.05, 4.69) is 10.1 Å². The van der Waals surface area contributed by atoms with Gasteiger partial charge in [0.15, 0.2) is 11.6 Å². The minimum Gasteiger partial charge on any atom is -0.505 e. The zero-order chi connectivity index (χ0) is 27.7. The van der Waals surface area contributed by atoms with Crippen molar-refractivity contribution in [2.45, 2.75) is 24.8 Å². The average molecular weight is 541 g/mol. The van der Waals surface area contributed by atoms with E-state index in [-0.39, 0.29) is 11.6 Å². The van der Waals surface area contributed by atoms with Crippen molar-refractivity contribution in [3.63, 3.8) is 0 Å². The summed E-state index contributed by atoms with van der Waals surface area (Å²) in [6.45, 7) is 0. The van der Waals surface area contributed by atoms with E-state index in [0.717, 1.165) is 12.1 Å². The molecule has 0 aromatic heterocycles. The Morgan fingerprint density at radius 1 is 0.838 bits per heavy atom. The number of alkyl halides is 7. The molecule has 0 spiro atoms. The first kappa shape index (κ1) is 27.6. The van der Waals surface area contributed by atoms with E-state index in [1.165, 1.54) is 0 Å². The third-order valence-electron chi connectivity index (χ3n) is 4.85. The molecule has 3 aromatic rings. The van der Waals surface area contributed by atoms with Gasteiger partial charge in [0, 0.05) is 11.6 Å². The van der Waals surface area contributed by atoms with Gasteiger partial charge in [-0.1, -0.05) is 6.07 Å². The van der Waals surface area contributed by atoms with Crippen molar-refractivity contribution in [3.05, 3.63) is 94.3 Å². The van der Waals surface area contributed by atoms with Crippen LogP contribution >= 0.6 is 0 Å². The minimum atomic E-state index is -5.17. The number of benzene rings is 3. The van der Waals surface area contributed by atoms with Crippen LogP contribution in [-0.2, 0) is 6.18 Å². The zero-order valence-electron chi connectivity index (χ0n) is 17.9. The molecule has 14 heteroatoms. The van der Waals surface area contributed by atoms with Gasteiger partial charge >= 0.3 is 18.7 Å². The fourth-order valence-electron chi connectivity index (χ4n) is 3.18. The maximum absolute atomic E-state index is 14.2. The molecule has 4 nitrogen and oxygen atoms in total. The number of phenolic OH excluding ortho intramolecular Hbond substituents is 1. The second-order valence-electron chi connectivity index (χ2n) is 7.49. The van der Waals surface area contributed by atoms with Gasteiger partial charge in [0.1, 0.15) is 17.4 Å². The largest absolute Gasteiger partial charge is 0.505 e. The molecule has 2 N–H and O–H groups in total. The van der Waals surface area contributed by atoms with E-state index in [9.17, 15) is 53.8 Å². The summed E-state index contributed by atoms with van der Waals surface area (Å²) >= 11 is 0. The van der Waals surface area contributed by atoms with E-state index in [1.54, 1.807) is 0 Å². The van der Waals surface area contributed by atoms with Gasteiger partial charge in [-0.05, 0) is 53.6 Å². The number of hydrogen-bond acceptors (Lipinski definition) is 3. The Bertz CT molecular complexity index is 1310. The molecule has 1 amide bonds. The van der Waals surface area contributed by atoms with Crippen LogP contribution in [0.15, 0.2) is 54.6 Å². The molecule has 198 valence electrons. The number of rotatable bonds is 7. The molecule has 1 atom stereocenters. The van der Waals surface area contributed by atoms with Crippen molar-refractivity contribution < 1.29 is 58.5 Å². The van der Waals surface area contributed by atoms with Crippen LogP contribution in [0.3, 0.4) is 0 Å². The summed E-state index contributed by atoms with van der Waals surface area (Å²) in [6, 6.07) is 3.46. The monoisotopic (exact) mass is 541 g/mol. The minimum absolute atomic E-state index is 0.174. The van der Waals surface area contributed by atoms with Crippen molar-refractivity contribution in [1.29, 1.82) is 0 Å². The van der Waals surface area contributed by atoms with Crippen molar-refractivity contribution in [2.24, 2.45) is 0 Å². The molecule has 0 unspecified atom stereocenters. The second-order valence-corrected chi connectivity index (χ2v) is 7.49. The number of hydrogen-bond donors (Lipinski definition) is 2. The first-order valence-electron chi connectivity index (χ1n) is 9.90. The molecule has 0 radical (unpaired) electrons. The predicted molar refractivity (Wildman–Crippen MR) is 107 cm³/mol. The number of phenols is 1. The molecule has 0 heterocycles. The maximum atomic E-state index is 14.2. The van der Waals surface area contributed by atoms with Gasteiger partial charge in [-0.25, -0.2) is 13.2 Å². The molecule has 3 rings (SSSR count). The Morgan fingerprint density at radius 3 is 2.08 bits per heavy atom. The topological polar surface area (TPSA) is 58.6 Å². The molecule has 0 aliphatic rings. The summed E-state index contributed by atoms with van der Waals surface area (Å²) in [5.41, 5.74) is -3.23. The highest BCUT2D eigenvalue weighted by molar-refractivity contribution is 5.95. The Hall–Kier alpha value is -3.97. The normalized spacial score (nSPS) is 12.9. The second kappa shape index (κ2) is 10.2. The number of aromatic hydroxyl groups is 1. The Balaban J connectivity index is 2.08. The maximum Gasteiger partial charge on any atom is 0.461 e. The first-order chi connectivity index (χ1) is 17.1. The molecular formula is C23H13F10NO3. The summed E-state index contributed by atoms with van der Waals surface area (Å²) < 4.78 is 136. The van der Waals surface area contributed by atoms with Crippen LogP contribution in [0.25, 0.3) is 0 Å². The van der Waals surface area contributed by atoms with Crippen molar-refractivity contribution in [1.82, 2.24) is 5.32 Å². The average Bonchev–Trinajstić information content (AvgIpc) is 2.78. The highest BCUT2D eigenvalue weighted by atomic mass is 19.4. The van der Waals surface area contributed by atoms with Crippen molar-refractivity contribution in [3.8, 4) is 11.5 Å². The summed E-state index contributed by atoms with van der Waals surface area (Å²) in [7, 11) is 0. The van der Waals surface area contributed by atoms with E-state index in [0.29, 0.717) is 36.4 Å². The summed E-state index contributed by atoms with van der Waals surface area (Å²) in [5.74, 6) is -7.55. The third-order valence-corrected chi connectivity index (χ3v) is 4.85. The molecule has 3 aromatic carbocycles. The predicted octanol–water partition coefficient (Wildman–Crippen LogP) is 6.58. The Kier molecular flexibility index (Phi) is 7.60. The molecule has 37 heavy (non-hydrogen) atoms. The van der Waals surface area contributed by atoms with Gasteiger partial charge in [-0.2, -0.15) is 30.7 Å². The fourth-order valence-corrected chi connectivity index (χ4v) is 3.18. The summed E-state index contributed by atoms with van der Waals surface area (Å²) in [4.78, 5) is 12.8. The third kappa shape index (κ3) is 6.43. The molecule has 0 fully saturated rings. The quantitative estimate of drug-likeness (QED) is 0.332. The van der Waals surface area contributed by atoms with E-state index < -0.39 is 76.3 Å². The molecular weight excluding hydrogens is 528 g/mol. The lowest BCUT2D eigenvalue weighted by Gasteiger charge is -2.22. The van der Waals surface area contributed by atoms with Crippen LogP contribution in [0, 0.1) is 17.5 Å². The van der Waals surface area contributed by atoms with Gasteiger partial charge < -0.3 is 15.2 Å². The highest BCUT2D eigenvalue weighted by Crippen LogP contribution is 2.34. The van der Waals surface area contributed by atoms with Crippen LogP contribution in [0.5, 0.6) is 11.5 Å². The van der Waals surface area contributed by atoms with E-state index >= 15 is 0 Å². The standard InChI is InChI=1S/C23H13F10NO3/c24-13-5-12(6-14(9-13)37-23(32,33)21(27)28)19(10-1-4-17(26)18(35)8-10)34-20(36)11-2-3-16(25)15(7-11)22(29,30)31/h1-9,19,21,35H,(H,34,36)/t19-/m1/s1. The number of carbonyl (C=O) groups is 1. The van der Waals surface area contributed by atoms with Crippen LogP contribution in [0.4, 0.5) is 43.9 Å². The number of carbonyl (C=O) groups excluding carboxylic acids is 1. The van der Waals surface area contributed by atoms with Crippen LogP contribution < -0.4 is 10.1 Å².